The number of anilines is 1. The van der Waals surface area contributed by atoms with E-state index in [1.165, 1.54) is 19.2 Å². The quantitative estimate of drug-likeness (QED) is 0.411. The zero-order valence-corrected chi connectivity index (χ0v) is 22.9. The Morgan fingerprint density at radius 2 is 1.59 bits per heavy atom. The van der Waals surface area contributed by atoms with E-state index in [9.17, 15) is 9.18 Å². The number of piperazine rings is 1. The molecule has 1 saturated heterocycles. The summed E-state index contributed by atoms with van der Waals surface area (Å²) in [4.78, 5) is 27.0. The molecule has 204 valence electrons. The van der Waals surface area contributed by atoms with Gasteiger partial charge in [0, 0.05) is 50.5 Å². The summed E-state index contributed by atoms with van der Waals surface area (Å²) < 4.78 is 18.6. The number of carbonyl (C=O) groups is 1. The fourth-order valence-electron chi connectivity index (χ4n) is 5.24. The number of esters is 1. The highest BCUT2D eigenvalue weighted by Gasteiger charge is 2.36. The number of guanidine groups is 1. The van der Waals surface area contributed by atoms with Gasteiger partial charge in [0.25, 0.3) is 0 Å². The molecule has 8 heteroatoms. The van der Waals surface area contributed by atoms with Crippen molar-refractivity contribution in [3.05, 3.63) is 84.2 Å². The standard InChI is InChI=1S/C31H36FN5O2/c1-34(2)16-17-35-18-20-36(21-19-35)31-33-28-7-5-4-6-27(28)29(22-30(38)39-3)37(31)26-14-10-24(11-15-26)23-8-12-25(32)13-9-23/h4-15,29H,16-22H2,1-3H3. The molecule has 0 N–H and O–H groups in total. The third-order valence-corrected chi connectivity index (χ3v) is 7.47. The van der Waals surface area contributed by atoms with E-state index < -0.39 is 0 Å². The minimum atomic E-state index is -0.266. The van der Waals surface area contributed by atoms with Gasteiger partial charge in [0.15, 0.2) is 0 Å². The van der Waals surface area contributed by atoms with Crippen LogP contribution in [0.1, 0.15) is 18.0 Å². The summed E-state index contributed by atoms with van der Waals surface area (Å²) in [6.45, 7) is 5.67. The molecule has 3 aromatic carbocycles. The molecule has 0 saturated carbocycles. The van der Waals surface area contributed by atoms with Gasteiger partial charge in [-0.25, -0.2) is 9.38 Å². The second kappa shape index (κ2) is 12.0. The normalized spacial score (nSPS) is 17.7. The number of aliphatic imine (C=N–C) groups is 1. The average Bonchev–Trinajstić information content (AvgIpc) is 2.96. The van der Waals surface area contributed by atoms with Gasteiger partial charge < -0.3 is 19.4 Å². The van der Waals surface area contributed by atoms with Gasteiger partial charge in [-0.1, -0.05) is 42.5 Å². The molecule has 1 fully saturated rings. The Morgan fingerprint density at radius 3 is 2.23 bits per heavy atom. The molecular formula is C31H36FN5O2. The molecule has 0 aliphatic carbocycles. The molecule has 1 unspecified atom stereocenters. The topological polar surface area (TPSA) is 51.6 Å². The van der Waals surface area contributed by atoms with Crippen molar-refractivity contribution in [3.8, 4) is 11.1 Å². The summed E-state index contributed by atoms with van der Waals surface area (Å²) in [6.07, 6.45) is 0.203. The number of hydrogen-bond acceptors (Lipinski definition) is 7. The summed E-state index contributed by atoms with van der Waals surface area (Å²) >= 11 is 0. The number of benzene rings is 3. The van der Waals surface area contributed by atoms with Crippen LogP contribution in [0.3, 0.4) is 0 Å². The third-order valence-electron chi connectivity index (χ3n) is 7.47. The maximum atomic E-state index is 13.5. The van der Waals surface area contributed by atoms with Crippen LogP contribution in [0.15, 0.2) is 77.8 Å². The van der Waals surface area contributed by atoms with Gasteiger partial charge >= 0.3 is 5.97 Å². The zero-order chi connectivity index (χ0) is 27.4. The number of likely N-dealkylation sites (N-methyl/N-ethyl adjacent to an activating group) is 1. The Morgan fingerprint density at radius 1 is 0.949 bits per heavy atom. The summed E-state index contributed by atoms with van der Waals surface area (Å²) in [5, 5.41) is 0. The smallest absolute Gasteiger partial charge is 0.307 e. The number of methoxy groups -OCH3 is 1. The largest absolute Gasteiger partial charge is 0.469 e. The molecule has 1 atom stereocenters. The molecular weight excluding hydrogens is 493 g/mol. The van der Waals surface area contributed by atoms with Crippen LogP contribution >= 0.6 is 0 Å². The molecule has 0 bridgehead atoms. The van der Waals surface area contributed by atoms with Gasteiger partial charge in [0.2, 0.25) is 5.96 Å². The monoisotopic (exact) mass is 529 g/mol. The predicted octanol–water partition coefficient (Wildman–Crippen LogP) is 4.78. The Hall–Kier alpha value is -3.75. The van der Waals surface area contributed by atoms with E-state index in [-0.39, 0.29) is 24.2 Å². The van der Waals surface area contributed by atoms with Gasteiger partial charge in [-0.3, -0.25) is 9.69 Å². The first kappa shape index (κ1) is 26.8. The third kappa shape index (κ3) is 6.13. The number of para-hydroxylation sites is 1. The van der Waals surface area contributed by atoms with Crippen molar-refractivity contribution >= 4 is 23.3 Å². The minimum absolute atomic E-state index is 0.203. The molecule has 2 aliphatic heterocycles. The van der Waals surface area contributed by atoms with Crippen molar-refractivity contribution < 1.29 is 13.9 Å². The lowest BCUT2D eigenvalue weighted by Gasteiger charge is -2.45. The molecule has 2 heterocycles. The second-order valence-corrected chi connectivity index (χ2v) is 10.3. The van der Waals surface area contributed by atoms with Crippen LogP contribution in [0.4, 0.5) is 15.8 Å². The molecule has 0 aromatic heterocycles. The molecule has 7 nitrogen and oxygen atoms in total. The summed E-state index contributed by atoms with van der Waals surface area (Å²) in [7, 11) is 5.64. The van der Waals surface area contributed by atoms with E-state index in [2.05, 4.69) is 45.8 Å². The van der Waals surface area contributed by atoms with E-state index >= 15 is 0 Å². The molecule has 0 amide bonds. The molecule has 2 aliphatic rings. The van der Waals surface area contributed by atoms with Crippen LogP contribution in [-0.2, 0) is 9.53 Å². The van der Waals surface area contributed by atoms with Crippen molar-refractivity contribution in [1.29, 1.82) is 0 Å². The fraction of sp³-hybridized carbons (Fsp3) is 0.355. The Kier molecular flexibility index (Phi) is 8.24. The zero-order valence-electron chi connectivity index (χ0n) is 22.9. The van der Waals surface area contributed by atoms with E-state index in [4.69, 9.17) is 9.73 Å². The number of halogens is 1. The average molecular weight is 530 g/mol. The Balaban J connectivity index is 1.49. The fourth-order valence-corrected chi connectivity index (χ4v) is 5.24. The highest BCUT2D eigenvalue weighted by atomic mass is 19.1. The van der Waals surface area contributed by atoms with Gasteiger partial charge in [0.05, 0.1) is 25.3 Å². The van der Waals surface area contributed by atoms with Gasteiger partial charge in [-0.15, -0.1) is 0 Å². The van der Waals surface area contributed by atoms with Gasteiger partial charge in [-0.2, -0.15) is 0 Å². The molecule has 39 heavy (non-hydrogen) atoms. The van der Waals surface area contributed by atoms with Crippen LogP contribution in [0.2, 0.25) is 0 Å². The number of rotatable bonds is 7. The molecule has 0 radical (unpaired) electrons. The second-order valence-electron chi connectivity index (χ2n) is 10.3. The number of nitrogens with zero attached hydrogens (tertiary/aromatic N) is 5. The minimum Gasteiger partial charge on any atom is -0.469 e. The summed E-state index contributed by atoms with van der Waals surface area (Å²) in [5.74, 6) is 0.331. The van der Waals surface area contributed by atoms with E-state index in [0.29, 0.717) is 0 Å². The summed E-state index contributed by atoms with van der Waals surface area (Å²) in [5.41, 5.74) is 4.77. The van der Waals surface area contributed by atoms with Crippen LogP contribution < -0.4 is 4.90 Å². The van der Waals surface area contributed by atoms with Crippen LogP contribution in [-0.4, -0.2) is 87.1 Å². The highest BCUT2D eigenvalue weighted by molar-refractivity contribution is 6.01. The van der Waals surface area contributed by atoms with Crippen molar-refractivity contribution in [3.63, 3.8) is 0 Å². The van der Waals surface area contributed by atoms with Crippen molar-refractivity contribution in [2.75, 3.05) is 65.4 Å². The lowest BCUT2D eigenvalue weighted by atomic mass is 9.97. The maximum Gasteiger partial charge on any atom is 0.307 e. The Bertz CT molecular complexity index is 1300. The van der Waals surface area contributed by atoms with Gasteiger partial charge in [-0.05, 0) is 55.6 Å². The van der Waals surface area contributed by atoms with E-state index in [1.807, 2.05) is 36.4 Å². The molecule has 0 spiro atoms. The van der Waals surface area contributed by atoms with Crippen LogP contribution in [0, 0.1) is 5.82 Å². The first-order chi connectivity index (χ1) is 18.9. The van der Waals surface area contributed by atoms with Crippen molar-refractivity contribution in [1.82, 2.24) is 14.7 Å². The number of fused-ring (bicyclic) bond motifs is 1. The van der Waals surface area contributed by atoms with E-state index in [0.717, 1.165) is 73.3 Å². The maximum absolute atomic E-state index is 13.5. The first-order valence-corrected chi connectivity index (χ1v) is 13.4. The lowest BCUT2D eigenvalue weighted by Crippen LogP contribution is -2.55. The van der Waals surface area contributed by atoms with Crippen molar-refractivity contribution in [2.45, 2.75) is 12.5 Å². The number of ether oxygens (including phenoxy) is 1. The first-order valence-electron chi connectivity index (χ1n) is 13.4. The van der Waals surface area contributed by atoms with Crippen LogP contribution in [0.5, 0.6) is 0 Å². The van der Waals surface area contributed by atoms with Gasteiger partial charge in [0.1, 0.15) is 5.82 Å². The lowest BCUT2D eigenvalue weighted by molar-refractivity contribution is -0.141. The predicted molar refractivity (Wildman–Crippen MR) is 154 cm³/mol. The highest BCUT2D eigenvalue weighted by Crippen LogP contribution is 2.41. The molecule has 3 aromatic rings. The molecule has 5 rings (SSSR count). The number of hydrogen-bond donors (Lipinski definition) is 0. The van der Waals surface area contributed by atoms with Crippen molar-refractivity contribution in [2.24, 2.45) is 4.99 Å². The number of carbonyl (C=O) groups excluding carboxylic acids is 1. The van der Waals surface area contributed by atoms with Crippen LogP contribution in [0.25, 0.3) is 11.1 Å². The Labute approximate surface area is 230 Å². The van der Waals surface area contributed by atoms with E-state index in [1.54, 1.807) is 12.1 Å². The summed E-state index contributed by atoms with van der Waals surface area (Å²) in [6, 6.07) is 22.5. The SMILES string of the molecule is COC(=O)CC1c2ccccc2N=C(N2CCN(CCN(C)C)CC2)N1c1ccc(-c2ccc(F)cc2)cc1.